The summed E-state index contributed by atoms with van der Waals surface area (Å²) < 4.78 is 30.7. The summed E-state index contributed by atoms with van der Waals surface area (Å²) in [6, 6.07) is 21.4. The first-order chi connectivity index (χ1) is 14.9. The number of hydrogen-bond donors (Lipinski definition) is 0. The summed E-state index contributed by atoms with van der Waals surface area (Å²) in [6.45, 7) is 1.52. The van der Waals surface area contributed by atoms with Crippen LogP contribution in [0.15, 0.2) is 83.8 Å². The number of fused-ring (bicyclic) bond motifs is 1. The predicted molar refractivity (Wildman–Crippen MR) is 115 cm³/mol. The number of rotatable bonds is 7. The Bertz CT molecular complexity index is 1190. The molecule has 0 saturated heterocycles. The normalized spacial score (nSPS) is 14.5. The molecular formula is C24H21NO5S. The van der Waals surface area contributed by atoms with E-state index in [0.717, 1.165) is 16.0 Å². The highest BCUT2D eigenvalue weighted by atomic mass is 32.2. The van der Waals surface area contributed by atoms with Gasteiger partial charge in [0.1, 0.15) is 0 Å². The molecule has 0 radical (unpaired) electrons. The molecule has 7 heteroatoms. The minimum Gasteiger partial charge on any atom is -0.269 e. The topological polar surface area (TPSA) is 80.8 Å². The van der Waals surface area contributed by atoms with Crippen LogP contribution in [-0.2, 0) is 20.7 Å². The Hall–Kier alpha value is -3.29. The molecule has 6 nitrogen and oxygen atoms in total. The van der Waals surface area contributed by atoms with Gasteiger partial charge in [0.25, 0.3) is 21.9 Å². The Morgan fingerprint density at radius 3 is 1.94 bits per heavy atom. The zero-order valence-electron chi connectivity index (χ0n) is 16.9. The lowest BCUT2D eigenvalue weighted by atomic mass is 10.1. The molecule has 1 heterocycles. The van der Waals surface area contributed by atoms with Gasteiger partial charge >= 0.3 is 0 Å². The highest BCUT2D eigenvalue weighted by Crippen LogP contribution is 2.27. The van der Waals surface area contributed by atoms with Crippen molar-refractivity contribution in [2.24, 2.45) is 0 Å². The first-order valence-corrected chi connectivity index (χ1v) is 11.2. The van der Waals surface area contributed by atoms with Crippen molar-refractivity contribution in [3.63, 3.8) is 0 Å². The summed E-state index contributed by atoms with van der Waals surface area (Å²) >= 11 is 0. The van der Waals surface area contributed by atoms with E-state index >= 15 is 0 Å². The van der Waals surface area contributed by atoms with E-state index in [2.05, 4.69) is 0 Å². The molecule has 1 atom stereocenters. The van der Waals surface area contributed by atoms with E-state index in [0.29, 0.717) is 11.1 Å². The van der Waals surface area contributed by atoms with Gasteiger partial charge in [-0.05, 0) is 43.2 Å². The van der Waals surface area contributed by atoms with Crippen molar-refractivity contribution in [3.8, 4) is 0 Å². The molecule has 0 bridgehead atoms. The van der Waals surface area contributed by atoms with Crippen molar-refractivity contribution in [1.82, 2.24) is 4.90 Å². The molecule has 3 aromatic carbocycles. The fraction of sp³-hybridized carbons (Fsp3) is 0.167. The maximum atomic E-state index is 13.0. The second-order valence-corrected chi connectivity index (χ2v) is 9.04. The summed E-state index contributed by atoms with van der Waals surface area (Å²) in [7, 11) is -4.05. The van der Waals surface area contributed by atoms with Crippen LogP contribution in [0.25, 0.3) is 0 Å². The summed E-state index contributed by atoms with van der Waals surface area (Å²) in [5, 5.41) is 0. The smallest absolute Gasteiger partial charge is 0.269 e. The Balaban J connectivity index is 1.62. The first-order valence-electron chi connectivity index (χ1n) is 9.84. The first kappa shape index (κ1) is 21.0. The number of imide groups is 1. The van der Waals surface area contributed by atoms with E-state index in [1.807, 2.05) is 37.3 Å². The molecule has 0 spiro atoms. The SMILES string of the molecule is Cc1ccc(S(=O)(=O)OC[C@H](Cc2ccccc2)N2C(=O)c3ccccc3C2=O)cc1. The number of nitrogens with zero attached hydrogens (tertiary/aromatic N) is 1. The highest BCUT2D eigenvalue weighted by Gasteiger charge is 2.40. The monoisotopic (exact) mass is 435 g/mol. The van der Waals surface area contributed by atoms with Crippen LogP contribution in [0.1, 0.15) is 31.8 Å². The zero-order valence-corrected chi connectivity index (χ0v) is 17.7. The van der Waals surface area contributed by atoms with Crippen molar-refractivity contribution in [3.05, 3.63) is 101 Å². The second-order valence-electron chi connectivity index (χ2n) is 7.42. The van der Waals surface area contributed by atoms with Crippen molar-refractivity contribution in [1.29, 1.82) is 0 Å². The fourth-order valence-electron chi connectivity index (χ4n) is 3.59. The molecule has 0 unspecified atom stereocenters. The van der Waals surface area contributed by atoms with Gasteiger partial charge in [-0.3, -0.25) is 18.7 Å². The number of amides is 2. The molecule has 0 fully saturated rings. The van der Waals surface area contributed by atoms with Gasteiger partial charge in [-0.25, -0.2) is 0 Å². The summed E-state index contributed by atoms with van der Waals surface area (Å²) in [5.74, 6) is -0.893. The van der Waals surface area contributed by atoms with Gasteiger partial charge in [0, 0.05) is 0 Å². The number of aryl methyl sites for hydroxylation is 1. The van der Waals surface area contributed by atoms with E-state index in [9.17, 15) is 18.0 Å². The molecule has 1 aliphatic heterocycles. The molecule has 3 aromatic rings. The van der Waals surface area contributed by atoms with Crippen molar-refractivity contribution >= 4 is 21.9 Å². The highest BCUT2D eigenvalue weighted by molar-refractivity contribution is 7.86. The molecule has 31 heavy (non-hydrogen) atoms. The van der Waals surface area contributed by atoms with Crippen molar-refractivity contribution in [2.75, 3.05) is 6.61 Å². The maximum absolute atomic E-state index is 13.0. The predicted octanol–water partition coefficient (Wildman–Crippen LogP) is 3.61. The quantitative estimate of drug-likeness (QED) is 0.418. The molecule has 2 amide bonds. The van der Waals surface area contributed by atoms with Crippen LogP contribution in [0.5, 0.6) is 0 Å². The largest absolute Gasteiger partial charge is 0.297 e. The van der Waals surface area contributed by atoms with Crippen LogP contribution >= 0.6 is 0 Å². The van der Waals surface area contributed by atoms with Gasteiger partial charge in [-0.2, -0.15) is 8.42 Å². The third kappa shape index (κ3) is 4.28. The Kier molecular flexibility index (Phi) is 5.71. The van der Waals surface area contributed by atoms with E-state index in [1.54, 1.807) is 36.4 Å². The lowest BCUT2D eigenvalue weighted by Crippen LogP contribution is -2.44. The third-order valence-corrected chi connectivity index (χ3v) is 6.53. The Morgan fingerprint density at radius 2 is 1.35 bits per heavy atom. The molecule has 0 N–H and O–H groups in total. The average molecular weight is 436 g/mol. The standard InChI is InChI=1S/C24H21NO5S/c1-17-11-13-20(14-12-17)31(28,29)30-16-19(15-18-7-3-2-4-8-18)25-23(26)21-9-5-6-10-22(21)24(25)27/h2-14,19H,15-16H2,1H3/t19-/m0/s1. The minimum absolute atomic E-state index is 0.0268. The number of carbonyl (C=O) groups is 2. The third-order valence-electron chi connectivity index (χ3n) is 5.23. The van der Waals surface area contributed by atoms with E-state index < -0.39 is 28.0 Å². The van der Waals surface area contributed by atoms with E-state index in [1.165, 1.54) is 12.1 Å². The average Bonchev–Trinajstić information content (AvgIpc) is 3.03. The fourth-order valence-corrected chi connectivity index (χ4v) is 4.53. The van der Waals surface area contributed by atoms with Gasteiger partial charge in [0.15, 0.2) is 0 Å². The van der Waals surface area contributed by atoms with E-state index in [-0.39, 0.29) is 17.9 Å². The van der Waals surface area contributed by atoms with Gasteiger partial charge in [0.2, 0.25) is 0 Å². The van der Waals surface area contributed by atoms with Crippen LogP contribution in [0.2, 0.25) is 0 Å². The van der Waals surface area contributed by atoms with Crippen LogP contribution in [0.3, 0.4) is 0 Å². The summed E-state index contributed by atoms with van der Waals surface area (Å²) in [5.41, 5.74) is 2.41. The van der Waals surface area contributed by atoms with Crippen LogP contribution < -0.4 is 0 Å². The number of carbonyl (C=O) groups excluding carboxylic acids is 2. The Morgan fingerprint density at radius 1 is 0.806 bits per heavy atom. The van der Waals surface area contributed by atoms with Gasteiger partial charge in [0.05, 0.1) is 28.7 Å². The van der Waals surface area contributed by atoms with Gasteiger partial charge in [-0.15, -0.1) is 0 Å². The van der Waals surface area contributed by atoms with E-state index in [4.69, 9.17) is 4.18 Å². The zero-order chi connectivity index (χ0) is 22.0. The molecule has 0 aliphatic carbocycles. The van der Waals surface area contributed by atoms with Crippen molar-refractivity contribution < 1.29 is 22.2 Å². The van der Waals surface area contributed by atoms with Crippen LogP contribution in [0, 0.1) is 6.92 Å². The minimum atomic E-state index is -4.05. The summed E-state index contributed by atoms with van der Waals surface area (Å²) in [4.78, 5) is 27.1. The van der Waals surface area contributed by atoms with Crippen LogP contribution in [-0.4, -0.2) is 37.8 Å². The number of benzene rings is 3. The van der Waals surface area contributed by atoms with Gasteiger partial charge < -0.3 is 0 Å². The molecule has 1 aliphatic rings. The lowest BCUT2D eigenvalue weighted by molar-refractivity contribution is 0.0533. The Labute approximate surface area is 181 Å². The lowest BCUT2D eigenvalue weighted by Gasteiger charge is -2.26. The molecule has 158 valence electrons. The molecular weight excluding hydrogens is 414 g/mol. The molecule has 4 rings (SSSR count). The maximum Gasteiger partial charge on any atom is 0.297 e. The summed E-state index contributed by atoms with van der Waals surface area (Å²) in [6.07, 6.45) is 0.274. The second kappa shape index (κ2) is 8.45. The van der Waals surface area contributed by atoms with Crippen molar-refractivity contribution in [2.45, 2.75) is 24.3 Å². The molecule has 0 saturated carbocycles. The van der Waals surface area contributed by atoms with Crippen LogP contribution in [0.4, 0.5) is 0 Å². The van der Waals surface area contributed by atoms with Gasteiger partial charge in [-0.1, -0.05) is 60.2 Å². The number of hydrogen-bond acceptors (Lipinski definition) is 5. The molecule has 0 aromatic heterocycles.